The van der Waals surface area contributed by atoms with Gasteiger partial charge < -0.3 is 10.1 Å². The molecule has 1 aliphatic heterocycles. The van der Waals surface area contributed by atoms with E-state index in [2.05, 4.69) is 47.6 Å². The van der Waals surface area contributed by atoms with Crippen LogP contribution in [0.3, 0.4) is 0 Å². The number of rotatable bonds is 3. The fraction of sp³-hybridized carbons (Fsp3) is 0.353. The number of hydrogen-bond donors (Lipinski definition) is 1. The molecule has 104 valence electrons. The molecular formula is C17H20N2O. The van der Waals surface area contributed by atoms with Crippen LogP contribution in [-0.2, 0) is 6.42 Å². The summed E-state index contributed by atoms with van der Waals surface area (Å²) in [6.07, 6.45) is 2.97. The van der Waals surface area contributed by atoms with Gasteiger partial charge in [-0.3, -0.25) is 4.98 Å². The summed E-state index contributed by atoms with van der Waals surface area (Å²) in [4.78, 5) is 4.57. The van der Waals surface area contributed by atoms with Gasteiger partial charge in [0.2, 0.25) is 0 Å². The van der Waals surface area contributed by atoms with Crippen LogP contribution >= 0.6 is 0 Å². The van der Waals surface area contributed by atoms with Gasteiger partial charge >= 0.3 is 0 Å². The molecule has 0 bridgehead atoms. The zero-order chi connectivity index (χ0) is 13.9. The average molecular weight is 268 g/mol. The van der Waals surface area contributed by atoms with Crippen molar-refractivity contribution in [1.82, 2.24) is 10.3 Å². The van der Waals surface area contributed by atoms with Crippen molar-refractivity contribution in [3.05, 3.63) is 58.9 Å². The van der Waals surface area contributed by atoms with Gasteiger partial charge in [-0.1, -0.05) is 12.1 Å². The Hall–Kier alpha value is -1.87. The highest BCUT2D eigenvalue weighted by molar-refractivity contribution is 5.42. The maximum atomic E-state index is 5.59. The first-order valence-corrected chi connectivity index (χ1v) is 7.19. The molecule has 3 nitrogen and oxygen atoms in total. The topological polar surface area (TPSA) is 34.1 Å². The highest BCUT2D eigenvalue weighted by Gasteiger charge is 2.22. The molecule has 3 rings (SSSR count). The number of fused-ring (bicyclic) bond motifs is 1. The minimum atomic E-state index is 0.190. The number of nitrogens with one attached hydrogen (secondary N) is 1. The van der Waals surface area contributed by atoms with Crippen molar-refractivity contribution in [3.8, 4) is 5.75 Å². The van der Waals surface area contributed by atoms with Crippen LogP contribution in [0.4, 0.5) is 0 Å². The van der Waals surface area contributed by atoms with Crippen LogP contribution in [0.25, 0.3) is 0 Å². The second-order valence-electron chi connectivity index (χ2n) is 5.19. The van der Waals surface area contributed by atoms with Gasteiger partial charge in [-0.2, -0.15) is 0 Å². The Labute approximate surface area is 120 Å². The van der Waals surface area contributed by atoms with E-state index in [9.17, 15) is 0 Å². The third-order valence-corrected chi connectivity index (χ3v) is 3.71. The fourth-order valence-corrected chi connectivity index (χ4v) is 2.71. The summed E-state index contributed by atoms with van der Waals surface area (Å²) >= 11 is 0. The van der Waals surface area contributed by atoms with Crippen LogP contribution in [0.1, 0.15) is 35.3 Å². The number of nitrogens with zero attached hydrogens (tertiary/aromatic N) is 1. The third-order valence-electron chi connectivity index (χ3n) is 3.71. The highest BCUT2D eigenvalue weighted by Crippen LogP contribution is 2.30. The summed E-state index contributed by atoms with van der Waals surface area (Å²) in [6, 6.07) is 10.8. The molecule has 0 aliphatic carbocycles. The maximum absolute atomic E-state index is 5.59. The van der Waals surface area contributed by atoms with Crippen molar-refractivity contribution in [1.29, 1.82) is 0 Å². The van der Waals surface area contributed by atoms with Gasteiger partial charge in [-0.25, -0.2) is 0 Å². The molecule has 2 aromatic rings. The van der Waals surface area contributed by atoms with Crippen molar-refractivity contribution in [2.75, 3.05) is 13.2 Å². The van der Waals surface area contributed by atoms with Gasteiger partial charge in [0.1, 0.15) is 5.75 Å². The summed E-state index contributed by atoms with van der Waals surface area (Å²) in [7, 11) is 0. The molecule has 0 saturated carbocycles. The van der Waals surface area contributed by atoms with Crippen LogP contribution in [0.5, 0.6) is 5.75 Å². The molecule has 1 unspecified atom stereocenters. The lowest BCUT2D eigenvalue weighted by molar-refractivity contribution is 0.339. The van der Waals surface area contributed by atoms with E-state index in [4.69, 9.17) is 4.74 Å². The number of ether oxygens (including phenoxy) is 1. The lowest BCUT2D eigenvalue weighted by Crippen LogP contribution is -2.31. The molecule has 1 aliphatic rings. The Morgan fingerprint density at radius 2 is 2.20 bits per heavy atom. The Bertz CT molecular complexity index is 592. The highest BCUT2D eigenvalue weighted by atomic mass is 16.5. The molecule has 1 aromatic carbocycles. The summed E-state index contributed by atoms with van der Waals surface area (Å²) in [5, 5.41) is 3.56. The molecule has 0 amide bonds. The molecule has 0 saturated heterocycles. The van der Waals surface area contributed by atoms with E-state index in [1.54, 1.807) is 0 Å². The Morgan fingerprint density at radius 1 is 1.30 bits per heavy atom. The molecule has 1 aromatic heterocycles. The van der Waals surface area contributed by atoms with E-state index in [1.807, 2.05) is 13.1 Å². The molecule has 0 spiro atoms. The summed E-state index contributed by atoms with van der Waals surface area (Å²) in [5.74, 6) is 0.962. The number of pyridine rings is 1. The first-order valence-electron chi connectivity index (χ1n) is 7.19. The smallest absolute Gasteiger partial charge is 0.119 e. The van der Waals surface area contributed by atoms with Crippen molar-refractivity contribution in [3.63, 3.8) is 0 Å². The Kier molecular flexibility index (Phi) is 3.70. The van der Waals surface area contributed by atoms with E-state index in [-0.39, 0.29) is 6.04 Å². The van der Waals surface area contributed by atoms with Gasteiger partial charge in [0.15, 0.2) is 0 Å². The van der Waals surface area contributed by atoms with Gasteiger partial charge in [0, 0.05) is 12.7 Å². The Balaban J connectivity index is 1.95. The van der Waals surface area contributed by atoms with E-state index in [0.29, 0.717) is 6.61 Å². The summed E-state index contributed by atoms with van der Waals surface area (Å²) in [5.41, 5.74) is 4.95. The van der Waals surface area contributed by atoms with Crippen LogP contribution in [-0.4, -0.2) is 18.1 Å². The van der Waals surface area contributed by atoms with Gasteiger partial charge in [0.25, 0.3) is 0 Å². The molecule has 1 N–H and O–H groups in total. The van der Waals surface area contributed by atoms with Crippen molar-refractivity contribution in [2.24, 2.45) is 0 Å². The van der Waals surface area contributed by atoms with Gasteiger partial charge in [-0.15, -0.1) is 0 Å². The average Bonchev–Trinajstić information content (AvgIpc) is 2.48. The molecule has 0 radical (unpaired) electrons. The molecule has 1 atom stereocenters. The first kappa shape index (κ1) is 13.1. The third kappa shape index (κ3) is 2.54. The van der Waals surface area contributed by atoms with Gasteiger partial charge in [-0.05, 0) is 55.2 Å². The zero-order valence-electron chi connectivity index (χ0n) is 12.0. The number of benzene rings is 1. The fourth-order valence-electron chi connectivity index (χ4n) is 2.71. The zero-order valence-corrected chi connectivity index (χ0v) is 12.0. The predicted molar refractivity (Wildman–Crippen MR) is 80.1 cm³/mol. The minimum Gasteiger partial charge on any atom is -0.494 e. The minimum absolute atomic E-state index is 0.190. The number of aromatic nitrogens is 1. The van der Waals surface area contributed by atoms with Crippen LogP contribution in [0, 0.1) is 6.92 Å². The van der Waals surface area contributed by atoms with Crippen molar-refractivity contribution >= 4 is 0 Å². The largest absolute Gasteiger partial charge is 0.494 e. The quantitative estimate of drug-likeness (QED) is 0.929. The van der Waals surface area contributed by atoms with Crippen LogP contribution < -0.4 is 10.1 Å². The lowest BCUT2D eigenvalue weighted by Gasteiger charge is -2.27. The molecule has 20 heavy (non-hydrogen) atoms. The number of hydrogen-bond acceptors (Lipinski definition) is 3. The predicted octanol–water partition coefficient (Wildman–Crippen LogP) is 3.02. The van der Waals surface area contributed by atoms with Crippen molar-refractivity contribution in [2.45, 2.75) is 26.3 Å². The van der Waals surface area contributed by atoms with E-state index in [1.165, 1.54) is 16.7 Å². The molecule has 3 heteroatoms. The molecular weight excluding hydrogens is 248 g/mol. The maximum Gasteiger partial charge on any atom is 0.119 e. The van der Waals surface area contributed by atoms with Gasteiger partial charge in [0.05, 0.1) is 18.3 Å². The Morgan fingerprint density at radius 3 is 2.95 bits per heavy atom. The van der Waals surface area contributed by atoms with E-state index < -0.39 is 0 Å². The normalized spacial score (nSPS) is 17.6. The molecule has 0 fully saturated rings. The lowest BCUT2D eigenvalue weighted by atomic mass is 9.92. The van der Waals surface area contributed by atoms with Crippen LogP contribution in [0.15, 0.2) is 36.5 Å². The second-order valence-corrected chi connectivity index (χ2v) is 5.19. The number of aryl methyl sites for hydroxylation is 1. The molecule has 2 heterocycles. The van der Waals surface area contributed by atoms with Crippen LogP contribution in [0.2, 0.25) is 0 Å². The standard InChI is InChI=1S/C17H20N2O/c1-3-20-14-5-6-15-13(10-14)8-9-18-17(15)16-7-4-12(2)11-19-16/h4-7,10-11,17-18H,3,8-9H2,1-2H3. The first-order chi connectivity index (χ1) is 9.78. The SMILES string of the molecule is CCOc1ccc2c(c1)CCNC2c1ccc(C)cn1. The van der Waals surface area contributed by atoms with E-state index >= 15 is 0 Å². The van der Waals surface area contributed by atoms with E-state index in [0.717, 1.165) is 24.4 Å². The van der Waals surface area contributed by atoms with Crippen molar-refractivity contribution < 1.29 is 4.74 Å². The summed E-state index contributed by atoms with van der Waals surface area (Å²) < 4.78 is 5.59. The second kappa shape index (κ2) is 5.63. The monoisotopic (exact) mass is 268 g/mol. The summed E-state index contributed by atoms with van der Waals surface area (Å²) in [6.45, 7) is 5.76.